The monoisotopic (exact) mass is 309 g/mol. The minimum atomic E-state index is 0.565. The number of nitrogens with one attached hydrogen (secondary N) is 1. The molecule has 1 aliphatic carbocycles. The third-order valence-corrected chi connectivity index (χ3v) is 4.64. The molecule has 1 N–H and O–H groups in total. The molecular formula is C15H20BrNO. The average Bonchev–Trinajstić information content (AvgIpc) is 2.99. The largest absolute Gasteiger partial charge is 0.381 e. The lowest BCUT2D eigenvalue weighted by Crippen LogP contribution is -2.22. The Labute approximate surface area is 117 Å². The molecule has 1 aromatic rings. The quantitative estimate of drug-likeness (QED) is 0.920. The smallest absolute Gasteiger partial charge is 0.0495 e. The van der Waals surface area contributed by atoms with Crippen LogP contribution in [0.1, 0.15) is 36.4 Å². The Balaban J connectivity index is 1.53. The molecule has 2 atom stereocenters. The van der Waals surface area contributed by atoms with Gasteiger partial charge in [0, 0.05) is 23.7 Å². The van der Waals surface area contributed by atoms with E-state index in [-0.39, 0.29) is 0 Å². The standard InChI is InChI=1S/C15H20BrNO/c16-13-2-3-14-12(9-13)1-4-15(14)17-7-5-11-6-8-18-10-11/h2-3,9,11,15,17H,1,4-8,10H2. The predicted molar refractivity (Wildman–Crippen MR) is 76.7 cm³/mol. The van der Waals surface area contributed by atoms with Gasteiger partial charge in [-0.2, -0.15) is 0 Å². The lowest BCUT2D eigenvalue weighted by Gasteiger charge is -2.15. The summed E-state index contributed by atoms with van der Waals surface area (Å²) in [5.41, 5.74) is 3.01. The highest BCUT2D eigenvalue weighted by Gasteiger charge is 2.22. The highest BCUT2D eigenvalue weighted by atomic mass is 79.9. The molecule has 3 heteroatoms. The number of benzene rings is 1. The number of hydrogen-bond acceptors (Lipinski definition) is 2. The van der Waals surface area contributed by atoms with E-state index in [1.54, 1.807) is 0 Å². The second kappa shape index (κ2) is 5.72. The third-order valence-electron chi connectivity index (χ3n) is 4.15. The van der Waals surface area contributed by atoms with E-state index in [1.807, 2.05) is 0 Å². The normalized spacial score (nSPS) is 26.5. The molecule has 0 bridgehead atoms. The molecule has 1 heterocycles. The van der Waals surface area contributed by atoms with Gasteiger partial charge in [-0.15, -0.1) is 0 Å². The fraction of sp³-hybridized carbons (Fsp3) is 0.600. The summed E-state index contributed by atoms with van der Waals surface area (Å²) in [4.78, 5) is 0. The van der Waals surface area contributed by atoms with Gasteiger partial charge in [-0.25, -0.2) is 0 Å². The van der Waals surface area contributed by atoms with E-state index in [1.165, 1.54) is 41.3 Å². The van der Waals surface area contributed by atoms with Gasteiger partial charge in [0.1, 0.15) is 0 Å². The first-order chi connectivity index (χ1) is 8.83. The van der Waals surface area contributed by atoms with Crippen LogP contribution in [0.25, 0.3) is 0 Å². The number of fused-ring (bicyclic) bond motifs is 1. The zero-order valence-electron chi connectivity index (χ0n) is 10.6. The second-order valence-electron chi connectivity index (χ2n) is 5.41. The summed E-state index contributed by atoms with van der Waals surface area (Å²) in [7, 11) is 0. The van der Waals surface area contributed by atoms with Gasteiger partial charge in [0.2, 0.25) is 0 Å². The first kappa shape index (κ1) is 12.6. The summed E-state index contributed by atoms with van der Waals surface area (Å²) in [6.07, 6.45) is 4.95. The van der Waals surface area contributed by atoms with Gasteiger partial charge >= 0.3 is 0 Å². The Hall–Kier alpha value is -0.380. The topological polar surface area (TPSA) is 21.3 Å². The van der Waals surface area contributed by atoms with E-state index in [2.05, 4.69) is 39.4 Å². The van der Waals surface area contributed by atoms with Gasteiger partial charge in [-0.05, 0) is 61.4 Å². The maximum atomic E-state index is 5.42. The van der Waals surface area contributed by atoms with E-state index in [0.29, 0.717) is 6.04 Å². The molecule has 1 aliphatic heterocycles. The van der Waals surface area contributed by atoms with Crippen molar-refractivity contribution in [2.24, 2.45) is 5.92 Å². The van der Waals surface area contributed by atoms with E-state index < -0.39 is 0 Å². The van der Waals surface area contributed by atoms with Crippen LogP contribution < -0.4 is 5.32 Å². The Morgan fingerprint density at radius 2 is 2.28 bits per heavy atom. The lowest BCUT2D eigenvalue weighted by atomic mass is 10.0. The van der Waals surface area contributed by atoms with Gasteiger partial charge in [0.05, 0.1) is 0 Å². The molecule has 0 saturated carbocycles. The average molecular weight is 310 g/mol. The summed E-state index contributed by atoms with van der Waals surface area (Å²) in [6, 6.07) is 7.25. The van der Waals surface area contributed by atoms with Crippen LogP contribution in [0.3, 0.4) is 0 Å². The summed E-state index contributed by atoms with van der Waals surface area (Å²) in [6.45, 7) is 3.05. The van der Waals surface area contributed by atoms with Crippen LogP contribution in [0, 0.1) is 5.92 Å². The molecule has 3 rings (SSSR count). The lowest BCUT2D eigenvalue weighted by molar-refractivity contribution is 0.184. The SMILES string of the molecule is Brc1ccc2c(c1)CCC2NCCC1CCOC1. The van der Waals surface area contributed by atoms with Crippen molar-refractivity contribution in [3.8, 4) is 0 Å². The molecule has 2 aliphatic rings. The molecular weight excluding hydrogens is 290 g/mol. The number of halogens is 1. The Kier molecular flexibility index (Phi) is 4.02. The Morgan fingerprint density at radius 3 is 3.11 bits per heavy atom. The zero-order valence-corrected chi connectivity index (χ0v) is 12.2. The number of hydrogen-bond donors (Lipinski definition) is 1. The summed E-state index contributed by atoms with van der Waals surface area (Å²) in [5.74, 6) is 0.781. The van der Waals surface area contributed by atoms with E-state index in [0.717, 1.165) is 25.7 Å². The summed E-state index contributed by atoms with van der Waals surface area (Å²) >= 11 is 3.55. The van der Waals surface area contributed by atoms with Crippen LogP contribution in [0.4, 0.5) is 0 Å². The van der Waals surface area contributed by atoms with Crippen molar-refractivity contribution in [2.45, 2.75) is 31.7 Å². The van der Waals surface area contributed by atoms with Crippen LogP contribution >= 0.6 is 15.9 Å². The summed E-state index contributed by atoms with van der Waals surface area (Å²) in [5, 5.41) is 3.71. The highest BCUT2D eigenvalue weighted by Crippen LogP contribution is 2.33. The molecule has 0 radical (unpaired) electrons. The predicted octanol–water partition coefficient (Wildman–Crippen LogP) is 3.45. The summed E-state index contributed by atoms with van der Waals surface area (Å²) < 4.78 is 6.62. The van der Waals surface area contributed by atoms with Crippen LogP contribution in [0.5, 0.6) is 0 Å². The van der Waals surface area contributed by atoms with Crippen LogP contribution in [-0.2, 0) is 11.2 Å². The molecule has 2 unspecified atom stereocenters. The maximum absolute atomic E-state index is 5.42. The van der Waals surface area contributed by atoms with E-state index >= 15 is 0 Å². The first-order valence-corrected chi connectivity index (χ1v) is 7.71. The van der Waals surface area contributed by atoms with Crippen molar-refractivity contribution in [3.05, 3.63) is 33.8 Å². The van der Waals surface area contributed by atoms with Crippen LogP contribution in [0.15, 0.2) is 22.7 Å². The van der Waals surface area contributed by atoms with Crippen molar-refractivity contribution < 1.29 is 4.74 Å². The fourth-order valence-electron chi connectivity index (χ4n) is 3.07. The van der Waals surface area contributed by atoms with Crippen LogP contribution in [0.2, 0.25) is 0 Å². The molecule has 98 valence electrons. The molecule has 2 nitrogen and oxygen atoms in total. The van der Waals surface area contributed by atoms with Crippen LogP contribution in [-0.4, -0.2) is 19.8 Å². The Bertz CT molecular complexity index is 415. The van der Waals surface area contributed by atoms with Gasteiger partial charge in [-0.3, -0.25) is 0 Å². The molecule has 0 spiro atoms. The zero-order chi connectivity index (χ0) is 12.4. The molecule has 0 amide bonds. The van der Waals surface area contributed by atoms with Gasteiger partial charge < -0.3 is 10.1 Å². The number of aryl methyl sites for hydroxylation is 1. The van der Waals surface area contributed by atoms with Crippen molar-refractivity contribution in [3.63, 3.8) is 0 Å². The molecule has 1 fully saturated rings. The van der Waals surface area contributed by atoms with Gasteiger partial charge in [-0.1, -0.05) is 22.0 Å². The Morgan fingerprint density at radius 1 is 1.33 bits per heavy atom. The van der Waals surface area contributed by atoms with Crippen molar-refractivity contribution in [1.82, 2.24) is 5.32 Å². The first-order valence-electron chi connectivity index (χ1n) is 6.92. The third kappa shape index (κ3) is 2.79. The molecule has 1 saturated heterocycles. The fourth-order valence-corrected chi connectivity index (χ4v) is 3.48. The minimum absolute atomic E-state index is 0.565. The van der Waals surface area contributed by atoms with Crippen molar-refractivity contribution in [2.75, 3.05) is 19.8 Å². The van der Waals surface area contributed by atoms with E-state index in [4.69, 9.17) is 4.74 Å². The van der Waals surface area contributed by atoms with E-state index in [9.17, 15) is 0 Å². The number of ether oxygens (including phenoxy) is 1. The molecule has 18 heavy (non-hydrogen) atoms. The van der Waals surface area contributed by atoms with Gasteiger partial charge in [0.25, 0.3) is 0 Å². The second-order valence-corrected chi connectivity index (χ2v) is 6.32. The maximum Gasteiger partial charge on any atom is 0.0495 e. The van der Waals surface area contributed by atoms with Crippen molar-refractivity contribution >= 4 is 15.9 Å². The van der Waals surface area contributed by atoms with Gasteiger partial charge in [0.15, 0.2) is 0 Å². The highest BCUT2D eigenvalue weighted by molar-refractivity contribution is 9.10. The minimum Gasteiger partial charge on any atom is -0.381 e. The molecule has 1 aromatic carbocycles. The van der Waals surface area contributed by atoms with Crippen molar-refractivity contribution in [1.29, 1.82) is 0 Å². The number of rotatable bonds is 4. The molecule has 0 aromatic heterocycles.